The van der Waals surface area contributed by atoms with Crippen LogP contribution in [0.4, 0.5) is 0 Å². The summed E-state index contributed by atoms with van der Waals surface area (Å²) in [6.07, 6.45) is -0.559. The molecule has 2 heterocycles. The zero-order valence-corrected chi connectivity index (χ0v) is 17.5. The number of hydrogen-bond acceptors (Lipinski definition) is 8. The molecule has 8 nitrogen and oxygen atoms in total. The average molecular weight is 427 g/mol. The van der Waals surface area contributed by atoms with Crippen molar-refractivity contribution in [2.24, 2.45) is 0 Å². The van der Waals surface area contributed by atoms with Crippen LogP contribution in [0.3, 0.4) is 0 Å². The lowest BCUT2D eigenvalue weighted by Crippen LogP contribution is -2.38. The highest BCUT2D eigenvalue weighted by atomic mass is 35.5. The second-order valence-corrected chi connectivity index (χ2v) is 7.22. The van der Waals surface area contributed by atoms with Gasteiger partial charge >= 0.3 is 5.97 Å². The second kappa shape index (κ2) is 10.2. The van der Waals surface area contributed by atoms with Gasteiger partial charge in [0, 0.05) is 38.3 Å². The SMILES string of the molecule is COc1cccc(CN(CCCN2CCOCC2)C2=C(Cl)C(=O)OC2O)c1OC. The Morgan fingerprint density at radius 2 is 2.03 bits per heavy atom. The molecule has 0 aromatic heterocycles. The molecule has 1 aromatic carbocycles. The number of carbonyl (C=O) groups is 1. The number of methoxy groups -OCH3 is 2. The third kappa shape index (κ3) is 5.14. The van der Waals surface area contributed by atoms with Crippen LogP contribution in [-0.2, 0) is 20.8 Å². The molecule has 2 aliphatic rings. The van der Waals surface area contributed by atoms with Crippen LogP contribution in [-0.4, -0.2) is 80.8 Å². The molecule has 1 N–H and O–H groups in total. The number of esters is 1. The first-order valence-electron chi connectivity index (χ1n) is 9.58. The number of aliphatic hydroxyl groups excluding tert-OH is 1. The third-order valence-electron chi connectivity index (χ3n) is 5.05. The smallest absolute Gasteiger partial charge is 0.354 e. The Hall–Kier alpha value is -2.00. The fourth-order valence-corrected chi connectivity index (χ4v) is 3.85. The summed E-state index contributed by atoms with van der Waals surface area (Å²) in [5.74, 6) is 0.493. The second-order valence-electron chi connectivity index (χ2n) is 6.84. The van der Waals surface area contributed by atoms with Gasteiger partial charge in [0.2, 0.25) is 6.29 Å². The van der Waals surface area contributed by atoms with Gasteiger partial charge in [0.1, 0.15) is 5.70 Å². The first kappa shape index (κ1) is 21.7. The Kier molecular flexibility index (Phi) is 7.60. The van der Waals surface area contributed by atoms with Crippen molar-refractivity contribution in [3.05, 3.63) is 34.5 Å². The van der Waals surface area contributed by atoms with Crippen molar-refractivity contribution in [3.8, 4) is 11.5 Å². The number of carbonyl (C=O) groups excluding carboxylic acids is 1. The van der Waals surface area contributed by atoms with Crippen molar-refractivity contribution < 1.29 is 28.8 Å². The maximum atomic E-state index is 11.8. The quantitative estimate of drug-likeness (QED) is 0.596. The van der Waals surface area contributed by atoms with Crippen LogP contribution in [0, 0.1) is 0 Å². The van der Waals surface area contributed by atoms with Gasteiger partial charge < -0.3 is 29.0 Å². The number of rotatable bonds is 9. The molecule has 1 unspecified atom stereocenters. The van der Waals surface area contributed by atoms with Gasteiger partial charge in [-0.3, -0.25) is 4.90 Å². The minimum absolute atomic E-state index is 0.0919. The standard InChI is InChI=1S/C20H27ClN2O6/c1-26-15-6-3-5-14(18(15)27-2)13-23(17-16(21)19(24)29-20(17)25)8-4-7-22-9-11-28-12-10-22/h3,5-6,20,25H,4,7-13H2,1-2H3. The molecule has 1 saturated heterocycles. The van der Waals surface area contributed by atoms with E-state index in [0.29, 0.717) is 24.6 Å². The van der Waals surface area contributed by atoms with E-state index in [1.165, 1.54) is 0 Å². The van der Waals surface area contributed by atoms with Crippen LogP contribution in [0.5, 0.6) is 11.5 Å². The maximum Gasteiger partial charge on any atom is 0.354 e. The summed E-state index contributed by atoms with van der Waals surface area (Å²) in [7, 11) is 3.15. The molecule has 0 radical (unpaired) electrons. The molecular formula is C20H27ClN2O6. The number of nitrogens with zero attached hydrogens (tertiary/aromatic N) is 2. The minimum Gasteiger partial charge on any atom is -0.493 e. The molecule has 1 atom stereocenters. The third-order valence-corrected chi connectivity index (χ3v) is 5.40. The first-order chi connectivity index (χ1) is 14.0. The Morgan fingerprint density at radius 3 is 2.66 bits per heavy atom. The molecule has 29 heavy (non-hydrogen) atoms. The Labute approximate surface area is 175 Å². The van der Waals surface area contributed by atoms with Gasteiger partial charge in [-0.1, -0.05) is 23.7 Å². The summed E-state index contributed by atoms with van der Waals surface area (Å²) in [4.78, 5) is 16.0. The van der Waals surface area contributed by atoms with Gasteiger partial charge in [0.25, 0.3) is 0 Å². The van der Waals surface area contributed by atoms with Gasteiger partial charge in [0.05, 0.1) is 27.4 Å². The van der Waals surface area contributed by atoms with E-state index in [4.69, 9.17) is 30.5 Å². The highest BCUT2D eigenvalue weighted by Crippen LogP contribution is 2.34. The summed E-state index contributed by atoms with van der Waals surface area (Å²) >= 11 is 6.16. The normalized spacial score (nSPS) is 20.0. The fraction of sp³-hybridized carbons (Fsp3) is 0.550. The molecule has 9 heteroatoms. The lowest BCUT2D eigenvalue weighted by Gasteiger charge is -2.30. The zero-order chi connectivity index (χ0) is 20.8. The topological polar surface area (TPSA) is 80.7 Å². The predicted molar refractivity (Wildman–Crippen MR) is 107 cm³/mol. The number of ether oxygens (including phenoxy) is 4. The van der Waals surface area contributed by atoms with Gasteiger partial charge in [-0.05, 0) is 12.5 Å². The maximum absolute atomic E-state index is 11.8. The van der Waals surface area contributed by atoms with E-state index in [-0.39, 0.29) is 10.7 Å². The molecule has 1 aromatic rings. The van der Waals surface area contributed by atoms with Gasteiger partial charge in [-0.2, -0.15) is 0 Å². The molecule has 160 valence electrons. The summed E-state index contributed by atoms with van der Waals surface area (Å²) in [6.45, 7) is 5.12. The van der Waals surface area contributed by atoms with E-state index in [0.717, 1.165) is 44.8 Å². The van der Waals surface area contributed by atoms with Crippen molar-refractivity contribution in [1.29, 1.82) is 0 Å². The van der Waals surface area contributed by atoms with E-state index >= 15 is 0 Å². The molecule has 0 aliphatic carbocycles. The number of benzene rings is 1. The van der Waals surface area contributed by atoms with E-state index in [1.807, 2.05) is 23.1 Å². The van der Waals surface area contributed by atoms with Crippen molar-refractivity contribution in [2.75, 3.05) is 53.6 Å². The van der Waals surface area contributed by atoms with E-state index in [9.17, 15) is 9.90 Å². The lowest BCUT2D eigenvalue weighted by molar-refractivity contribution is -0.152. The predicted octanol–water partition coefficient (Wildman–Crippen LogP) is 1.55. The van der Waals surface area contributed by atoms with Gasteiger partial charge in [0.15, 0.2) is 16.5 Å². The molecule has 1 fully saturated rings. The summed E-state index contributed by atoms with van der Waals surface area (Å²) in [5.41, 5.74) is 1.13. The molecule has 3 rings (SSSR count). The number of cyclic esters (lactones) is 1. The van der Waals surface area contributed by atoms with Crippen LogP contribution >= 0.6 is 11.6 Å². The van der Waals surface area contributed by atoms with Crippen LogP contribution in [0.25, 0.3) is 0 Å². The van der Waals surface area contributed by atoms with Gasteiger partial charge in [-0.25, -0.2) is 4.79 Å². The van der Waals surface area contributed by atoms with Crippen molar-refractivity contribution in [3.63, 3.8) is 0 Å². The van der Waals surface area contributed by atoms with E-state index in [1.54, 1.807) is 14.2 Å². The fourth-order valence-electron chi connectivity index (χ4n) is 3.60. The minimum atomic E-state index is -1.38. The number of morpholine rings is 1. The van der Waals surface area contributed by atoms with Crippen LogP contribution in [0.1, 0.15) is 12.0 Å². The number of para-hydroxylation sites is 1. The van der Waals surface area contributed by atoms with E-state index < -0.39 is 12.3 Å². The molecule has 0 spiro atoms. The Morgan fingerprint density at radius 1 is 1.28 bits per heavy atom. The summed E-state index contributed by atoms with van der Waals surface area (Å²) in [6, 6.07) is 5.59. The summed E-state index contributed by atoms with van der Waals surface area (Å²) in [5, 5.41) is 10.2. The van der Waals surface area contributed by atoms with Crippen LogP contribution in [0.2, 0.25) is 0 Å². The first-order valence-corrected chi connectivity index (χ1v) is 9.96. The van der Waals surface area contributed by atoms with Gasteiger partial charge in [-0.15, -0.1) is 0 Å². The number of halogens is 1. The van der Waals surface area contributed by atoms with Crippen molar-refractivity contribution in [1.82, 2.24) is 9.80 Å². The van der Waals surface area contributed by atoms with Crippen molar-refractivity contribution in [2.45, 2.75) is 19.3 Å². The monoisotopic (exact) mass is 426 g/mol. The highest BCUT2D eigenvalue weighted by Gasteiger charge is 2.35. The number of aliphatic hydroxyl groups is 1. The van der Waals surface area contributed by atoms with Crippen LogP contribution < -0.4 is 9.47 Å². The Balaban J connectivity index is 1.79. The Bertz CT molecular complexity index is 750. The largest absolute Gasteiger partial charge is 0.493 e. The molecule has 2 aliphatic heterocycles. The molecular weight excluding hydrogens is 400 g/mol. The van der Waals surface area contributed by atoms with Crippen LogP contribution in [0.15, 0.2) is 28.9 Å². The average Bonchev–Trinajstić information content (AvgIpc) is 2.99. The highest BCUT2D eigenvalue weighted by molar-refractivity contribution is 6.42. The number of hydrogen-bond donors (Lipinski definition) is 1. The zero-order valence-electron chi connectivity index (χ0n) is 16.7. The molecule has 0 bridgehead atoms. The van der Waals surface area contributed by atoms with E-state index in [2.05, 4.69) is 4.90 Å². The summed E-state index contributed by atoms with van der Waals surface area (Å²) < 4.78 is 21.2. The molecule has 0 amide bonds. The van der Waals surface area contributed by atoms with Crippen molar-refractivity contribution >= 4 is 17.6 Å². The lowest BCUT2D eigenvalue weighted by atomic mass is 10.1. The molecule has 0 saturated carbocycles.